The summed E-state index contributed by atoms with van der Waals surface area (Å²) in [6, 6.07) is 16.9. The molecule has 3 nitrogen and oxygen atoms in total. The predicted molar refractivity (Wildman–Crippen MR) is 117 cm³/mol. The van der Waals surface area contributed by atoms with Gasteiger partial charge < -0.3 is 10.6 Å². The van der Waals surface area contributed by atoms with E-state index in [4.69, 9.17) is 12.2 Å². The molecule has 2 aliphatic rings. The standard InChI is InChI=1S/C23H28FN3S/c1-16-5-7-17(8-6-16)15-27-21-3-2-4-22(27)14-20(13-21)26-23(28)25-19-11-9-18(24)10-12-19/h5-12,20-22H,2-4,13-15H2,1H3,(H2,25,26,28)/t21-,22-/m1/s1. The van der Waals surface area contributed by atoms with Gasteiger partial charge in [-0.2, -0.15) is 0 Å². The number of piperidine rings is 2. The molecule has 2 fully saturated rings. The van der Waals surface area contributed by atoms with Gasteiger partial charge in [0.2, 0.25) is 0 Å². The molecule has 2 aromatic rings. The first-order valence-electron chi connectivity index (χ1n) is 10.2. The second-order valence-electron chi connectivity index (χ2n) is 8.17. The molecule has 148 valence electrons. The highest BCUT2D eigenvalue weighted by molar-refractivity contribution is 7.80. The number of benzene rings is 2. The molecule has 2 bridgehead atoms. The summed E-state index contributed by atoms with van der Waals surface area (Å²) in [6.45, 7) is 3.18. The summed E-state index contributed by atoms with van der Waals surface area (Å²) in [7, 11) is 0. The SMILES string of the molecule is Cc1ccc(CN2[C@@H]3CCC[C@@H]2CC(NC(=S)Nc2ccc(F)cc2)C3)cc1. The van der Waals surface area contributed by atoms with Crippen molar-refractivity contribution in [2.24, 2.45) is 0 Å². The fraction of sp³-hybridized carbons (Fsp3) is 0.435. The third-order valence-electron chi connectivity index (χ3n) is 6.05. The van der Waals surface area contributed by atoms with E-state index in [1.54, 1.807) is 12.1 Å². The fourth-order valence-electron chi connectivity index (χ4n) is 4.64. The van der Waals surface area contributed by atoms with Gasteiger partial charge in [0.15, 0.2) is 5.11 Å². The van der Waals surface area contributed by atoms with Crippen LogP contribution in [0, 0.1) is 12.7 Å². The maximum atomic E-state index is 13.1. The lowest BCUT2D eigenvalue weighted by molar-refractivity contribution is 0.0212. The van der Waals surface area contributed by atoms with Gasteiger partial charge in [-0.05, 0) is 74.7 Å². The van der Waals surface area contributed by atoms with Crippen LogP contribution in [0.15, 0.2) is 48.5 Å². The number of thiocarbonyl (C=S) groups is 1. The lowest BCUT2D eigenvalue weighted by Crippen LogP contribution is -2.56. The predicted octanol–water partition coefficient (Wildman–Crippen LogP) is 5.01. The minimum absolute atomic E-state index is 0.238. The summed E-state index contributed by atoms with van der Waals surface area (Å²) in [5, 5.41) is 7.31. The molecule has 0 amide bonds. The van der Waals surface area contributed by atoms with Crippen LogP contribution in [0.2, 0.25) is 0 Å². The Morgan fingerprint density at radius 3 is 2.32 bits per heavy atom. The van der Waals surface area contributed by atoms with E-state index >= 15 is 0 Å². The quantitative estimate of drug-likeness (QED) is 0.710. The van der Waals surface area contributed by atoms with E-state index in [-0.39, 0.29) is 5.82 Å². The number of nitrogens with one attached hydrogen (secondary N) is 2. The van der Waals surface area contributed by atoms with Crippen LogP contribution in [0.5, 0.6) is 0 Å². The Balaban J connectivity index is 1.35. The van der Waals surface area contributed by atoms with Crippen LogP contribution >= 0.6 is 12.2 Å². The van der Waals surface area contributed by atoms with E-state index in [0.717, 1.165) is 25.1 Å². The van der Waals surface area contributed by atoms with E-state index in [2.05, 4.69) is 46.7 Å². The summed E-state index contributed by atoms with van der Waals surface area (Å²) in [5.41, 5.74) is 3.53. The van der Waals surface area contributed by atoms with Gasteiger partial charge in [-0.1, -0.05) is 36.2 Å². The summed E-state index contributed by atoms with van der Waals surface area (Å²) >= 11 is 5.50. The van der Waals surface area contributed by atoms with Gasteiger partial charge in [-0.25, -0.2) is 4.39 Å². The van der Waals surface area contributed by atoms with Gasteiger partial charge >= 0.3 is 0 Å². The average molecular weight is 398 g/mol. The van der Waals surface area contributed by atoms with Crippen molar-refractivity contribution in [1.29, 1.82) is 0 Å². The Kier molecular flexibility index (Phi) is 5.93. The molecule has 0 aliphatic carbocycles. The number of rotatable bonds is 4. The van der Waals surface area contributed by atoms with Crippen molar-refractivity contribution in [1.82, 2.24) is 10.2 Å². The highest BCUT2D eigenvalue weighted by Gasteiger charge is 2.38. The minimum atomic E-state index is -0.238. The lowest BCUT2D eigenvalue weighted by Gasteiger charge is -2.49. The van der Waals surface area contributed by atoms with Crippen molar-refractivity contribution >= 4 is 23.0 Å². The molecule has 2 atom stereocenters. The Bertz CT molecular complexity index is 792. The fourth-order valence-corrected chi connectivity index (χ4v) is 4.93. The second-order valence-corrected chi connectivity index (χ2v) is 8.58. The van der Waals surface area contributed by atoms with Crippen LogP contribution in [0.4, 0.5) is 10.1 Å². The molecule has 0 spiro atoms. The van der Waals surface area contributed by atoms with Gasteiger partial charge in [0.1, 0.15) is 5.82 Å². The Hall–Kier alpha value is -1.98. The maximum Gasteiger partial charge on any atom is 0.170 e. The van der Waals surface area contributed by atoms with Crippen molar-refractivity contribution in [2.75, 3.05) is 5.32 Å². The molecule has 5 heteroatoms. The highest BCUT2D eigenvalue weighted by atomic mass is 32.1. The van der Waals surface area contributed by atoms with Gasteiger partial charge in [0.25, 0.3) is 0 Å². The van der Waals surface area contributed by atoms with Crippen molar-refractivity contribution in [2.45, 2.75) is 63.7 Å². The molecule has 0 radical (unpaired) electrons. The number of fused-ring (bicyclic) bond motifs is 2. The van der Waals surface area contributed by atoms with Crippen molar-refractivity contribution < 1.29 is 4.39 Å². The summed E-state index contributed by atoms with van der Waals surface area (Å²) in [4.78, 5) is 2.71. The van der Waals surface area contributed by atoms with Gasteiger partial charge in [-0.3, -0.25) is 4.90 Å². The van der Waals surface area contributed by atoms with E-state index < -0.39 is 0 Å². The highest BCUT2D eigenvalue weighted by Crippen LogP contribution is 2.35. The first kappa shape index (κ1) is 19.3. The topological polar surface area (TPSA) is 27.3 Å². The number of halogens is 1. The van der Waals surface area contributed by atoms with Gasteiger partial charge in [-0.15, -0.1) is 0 Å². The third kappa shape index (κ3) is 4.70. The molecule has 2 N–H and O–H groups in total. The van der Waals surface area contributed by atoms with Crippen LogP contribution in [0.25, 0.3) is 0 Å². The molecule has 4 rings (SSSR count). The minimum Gasteiger partial charge on any atom is -0.360 e. The number of aryl methyl sites for hydroxylation is 1. The molecule has 2 heterocycles. The average Bonchev–Trinajstić information content (AvgIpc) is 2.66. The van der Waals surface area contributed by atoms with E-state index in [1.165, 1.54) is 42.5 Å². The van der Waals surface area contributed by atoms with Gasteiger partial charge in [0, 0.05) is 30.4 Å². The van der Waals surface area contributed by atoms with E-state index in [9.17, 15) is 4.39 Å². The van der Waals surface area contributed by atoms with Crippen molar-refractivity contribution in [3.8, 4) is 0 Å². The zero-order chi connectivity index (χ0) is 19.5. The van der Waals surface area contributed by atoms with Crippen LogP contribution in [0.3, 0.4) is 0 Å². The molecule has 0 aromatic heterocycles. The first-order valence-corrected chi connectivity index (χ1v) is 10.6. The molecular formula is C23H28FN3S. The molecule has 2 aromatic carbocycles. The molecular weight excluding hydrogens is 369 g/mol. The number of hydrogen-bond donors (Lipinski definition) is 2. The number of hydrogen-bond acceptors (Lipinski definition) is 2. The zero-order valence-electron chi connectivity index (χ0n) is 16.3. The monoisotopic (exact) mass is 397 g/mol. The molecule has 0 saturated carbocycles. The van der Waals surface area contributed by atoms with Crippen molar-refractivity contribution in [3.05, 3.63) is 65.5 Å². The van der Waals surface area contributed by atoms with Crippen LogP contribution in [-0.4, -0.2) is 28.1 Å². The molecule has 2 aliphatic heterocycles. The summed E-state index contributed by atoms with van der Waals surface area (Å²) in [6.07, 6.45) is 6.09. The van der Waals surface area contributed by atoms with Crippen molar-refractivity contribution in [3.63, 3.8) is 0 Å². The Morgan fingerprint density at radius 1 is 1.04 bits per heavy atom. The second kappa shape index (κ2) is 8.58. The molecule has 28 heavy (non-hydrogen) atoms. The van der Waals surface area contributed by atoms with E-state index in [1.807, 2.05) is 0 Å². The smallest absolute Gasteiger partial charge is 0.170 e. The number of anilines is 1. The lowest BCUT2D eigenvalue weighted by atomic mass is 9.81. The first-order chi connectivity index (χ1) is 13.6. The summed E-state index contributed by atoms with van der Waals surface area (Å²) in [5.74, 6) is -0.238. The van der Waals surface area contributed by atoms with Crippen LogP contribution < -0.4 is 10.6 Å². The third-order valence-corrected chi connectivity index (χ3v) is 6.27. The van der Waals surface area contributed by atoms with Crippen LogP contribution in [0.1, 0.15) is 43.2 Å². The summed E-state index contributed by atoms with van der Waals surface area (Å²) < 4.78 is 13.1. The number of nitrogens with zero attached hydrogens (tertiary/aromatic N) is 1. The van der Waals surface area contributed by atoms with Gasteiger partial charge in [0.05, 0.1) is 0 Å². The Labute approximate surface area is 172 Å². The van der Waals surface area contributed by atoms with Crippen LogP contribution in [-0.2, 0) is 6.54 Å². The normalized spacial score (nSPS) is 24.6. The zero-order valence-corrected chi connectivity index (χ0v) is 17.1. The molecule has 0 unspecified atom stereocenters. The maximum absolute atomic E-state index is 13.1. The van der Waals surface area contributed by atoms with E-state index in [0.29, 0.717) is 23.2 Å². The largest absolute Gasteiger partial charge is 0.360 e. The Morgan fingerprint density at radius 2 is 1.68 bits per heavy atom. The molecule has 2 saturated heterocycles.